The summed E-state index contributed by atoms with van der Waals surface area (Å²) in [7, 11) is -0.0845. The van der Waals surface area contributed by atoms with Crippen LogP contribution in [0.4, 0.5) is 5.82 Å². The van der Waals surface area contributed by atoms with Crippen molar-refractivity contribution in [1.82, 2.24) is 4.98 Å². The molecule has 0 aliphatic rings. The molecule has 0 radical (unpaired) electrons. The molecule has 0 bridgehead atoms. The monoisotopic (exact) mass is 168 g/mol. The Morgan fingerprint density at radius 1 is 1.58 bits per heavy atom. The van der Waals surface area contributed by atoms with E-state index in [9.17, 15) is 0 Å². The Balaban J connectivity index is 2.72. The lowest BCUT2D eigenvalue weighted by Crippen LogP contribution is -2.20. The third-order valence-electron chi connectivity index (χ3n) is 1.23. The molecular weight excluding hydrogens is 159 g/mol. The summed E-state index contributed by atoms with van der Waals surface area (Å²) >= 11 is 0. The van der Waals surface area contributed by atoms with E-state index in [1.54, 1.807) is 13.1 Å². The molecule has 5 nitrogen and oxygen atoms in total. The van der Waals surface area contributed by atoms with Crippen LogP contribution in [0.5, 0.6) is 5.75 Å². The number of aromatic nitrogens is 1. The van der Waals surface area contributed by atoms with Gasteiger partial charge in [0.25, 0.3) is 0 Å². The van der Waals surface area contributed by atoms with Crippen LogP contribution in [-0.4, -0.2) is 29.4 Å². The van der Waals surface area contributed by atoms with Gasteiger partial charge in [-0.3, -0.25) is 0 Å². The number of hydrogen-bond donors (Lipinski definition) is 3. The van der Waals surface area contributed by atoms with E-state index >= 15 is 0 Å². The molecule has 12 heavy (non-hydrogen) atoms. The average Bonchev–Trinajstić information content (AvgIpc) is 2.03. The summed E-state index contributed by atoms with van der Waals surface area (Å²) in [5.41, 5.74) is 0. The van der Waals surface area contributed by atoms with Gasteiger partial charge in [-0.1, -0.05) is 0 Å². The minimum atomic E-state index is -1.79. The van der Waals surface area contributed by atoms with Crippen LogP contribution < -0.4 is 9.97 Å². The molecule has 0 saturated carbocycles. The van der Waals surface area contributed by atoms with Crippen LogP contribution in [0.1, 0.15) is 0 Å². The summed E-state index contributed by atoms with van der Waals surface area (Å²) in [6, 6.07) is 3.08. The fourth-order valence-electron chi connectivity index (χ4n) is 0.743. The van der Waals surface area contributed by atoms with Crippen molar-refractivity contribution in [2.75, 3.05) is 12.4 Å². The zero-order chi connectivity index (χ0) is 8.97. The van der Waals surface area contributed by atoms with Gasteiger partial charge < -0.3 is 20.0 Å². The molecule has 1 heterocycles. The van der Waals surface area contributed by atoms with Crippen molar-refractivity contribution >= 4 is 13.1 Å². The zero-order valence-electron chi connectivity index (χ0n) is 6.56. The highest BCUT2D eigenvalue weighted by Gasteiger charge is 2.10. The van der Waals surface area contributed by atoms with Gasteiger partial charge in [0.05, 0.1) is 0 Å². The van der Waals surface area contributed by atoms with E-state index in [0.29, 0.717) is 11.6 Å². The molecule has 0 saturated heterocycles. The Labute approximate surface area is 70.2 Å². The number of nitrogens with zero attached hydrogens (tertiary/aromatic N) is 1. The quantitative estimate of drug-likeness (QED) is 0.529. The Morgan fingerprint density at radius 2 is 2.33 bits per heavy atom. The fourth-order valence-corrected chi connectivity index (χ4v) is 0.743. The smallest absolute Gasteiger partial charge is 0.512 e. The van der Waals surface area contributed by atoms with E-state index in [1.165, 1.54) is 12.3 Å². The third-order valence-corrected chi connectivity index (χ3v) is 1.23. The molecule has 0 unspecified atom stereocenters. The van der Waals surface area contributed by atoms with Crippen LogP contribution >= 0.6 is 0 Å². The molecule has 0 aliphatic carbocycles. The third kappa shape index (κ3) is 2.41. The van der Waals surface area contributed by atoms with E-state index in [1.807, 2.05) is 0 Å². The van der Waals surface area contributed by atoms with Gasteiger partial charge in [-0.2, -0.15) is 0 Å². The molecule has 0 fully saturated rings. The molecule has 0 spiro atoms. The lowest BCUT2D eigenvalue weighted by Gasteiger charge is -2.05. The van der Waals surface area contributed by atoms with Crippen LogP contribution in [0.15, 0.2) is 18.3 Å². The van der Waals surface area contributed by atoms with Gasteiger partial charge in [0, 0.05) is 19.3 Å². The van der Waals surface area contributed by atoms with Gasteiger partial charge in [-0.05, 0) is 6.07 Å². The molecule has 0 amide bonds. The van der Waals surface area contributed by atoms with Gasteiger partial charge in [0.1, 0.15) is 11.6 Å². The number of hydrogen-bond acceptors (Lipinski definition) is 5. The van der Waals surface area contributed by atoms with E-state index in [4.69, 9.17) is 10.0 Å². The van der Waals surface area contributed by atoms with Crippen molar-refractivity contribution in [3.05, 3.63) is 18.3 Å². The second-order valence-electron chi connectivity index (χ2n) is 2.07. The summed E-state index contributed by atoms with van der Waals surface area (Å²) in [6.07, 6.45) is 1.50. The highest BCUT2D eigenvalue weighted by molar-refractivity contribution is 6.33. The molecule has 0 aliphatic heterocycles. The van der Waals surface area contributed by atoms with Crippen LogP contribution in [0.25, 0.3) is 0 Å². The Hall–Kier alpha value is -1.27. The van der Waals surface area contributed by atoms with E-state index in [-0.39, 0.29) is 0 Å². The van der Waals surface area contributed by atoms with Crippen molar-refractivity contribution in [3.63, 3.8) is 0 Å². The summed E-state index contributed by atoms with van der Waals surface area (Å²) in [6.45, 7) is 0. The molecule has 1 aromatic heterocycles. The Bertz CT molecular complexity index is 256. The molecule has 1 rings (SSSR count). The lowest BCUT2D eigenvalue weighted by molar-refractivity contribution is 0.288. The number of rotatable bonds is 3. The van der Waals surface area contributed by atoms with E-state index in [2.05, 4.69) is 15.0 Å². The average molecular weight is 168 g/mol. The van der Waals surface area contributed by atoms with Crippen LogP contribution in [0.3, 0.4) is 0 Å². The molecule has 3 N–H and O–H groups in total. The maximum Gasteiger partial charge on any atom is 0.707 e. The molecule has 0 aromatic carbocycles. The standard InChI is InChI=1S/C6H9BN2O3/c1-8-6-4-5(2-3-9-6)12-7(10)11/h2-4,10-11H,1H3,(H,8,9). The van der Waals surface area contributed by atoms with Crippen LogP contribution in [0.2, 0.25) is 0 Å². The zero-order valence-corrected chi connectivity index (χ0v) is 6.56. The van der Waals surface area contributed by atoms with Crippen molar-refractivity contribution in [1.29, 1.82) is 0 Å². The van der Waals surface area contributed by atoms with Crippen LogP contribution in [-0.2, 0) is 0 Å². The normalized spacial score (nSPS) is 9.25. The molecule has 1 aromatic rings. The van der Waals surface area contributed by atoms with Crippen molar-refractivity contribution in [3.8, 4) is 5.75 Å². The summed E-state index contributed by atoms with van der Waals surface area (Å²) in [5.74, 6) is 0.956. The molecule has 0 atom stereocenters. The molecule has 64 valence electrons. The predicted octanol–water partition coefficient (Wildman–Crippen LogP) is -0.528. The summed E-state index contributed by atoms with van der Waals surface area (Å²) in [5, 5.41) is 19.7. The van der Waals surface area contributed by atoms with E-state index < -0.39 is 7.32 Å². The number of pyridine rings is 1. The second kappa shape index (κ2) is 3.94. The van der Waals surface area contributed by atoms with Crippen molar-refractivity contribution < 1.29 is 14.7 Å². The van der Waals surface area contributed by atoms with Crippen molar-refractivity contribution in [2.45, 2.75) is 0 Å². The first-order valence-corrected chi connectivity index (χ1v) is 3.39. The minimum Gasteiger partial charge on any atom is -0.512 e. The highest BCUT2D eigenvalue weighted by Crippen LogP contribution is 2.13. The maximum absolute atomic E-state index is 8.46. The minimum absolute atomic E-state index is 0.351. The van der Waals surface area contributed by atoms with Gasteiger partial charge in [-0.15, -0.1) is 0 Å². The SMILES string of the molecule is CNc1cc(OB(O)O)ccn1. The fraction of sp³-hybridized carbons (Fsp3) is 0.167. The van der Waals surface area contributed by atoms with Crippen LogP contribution in [0, 0.1) is 0 Å². The predicted molar refractivity (Wildman–Crippen MR) is 44.6 cm³/mol. The maximum atomic E-state index is 8.46. The van der Waals surface area contributed by atoms with Gasteiger partial charge in [0.15, 0.2) is 0 Å². The van der Waals surface area contributed by atoms with Gasteiger partial charge in [-0.25, -0.2) is 4.98 Å². The largest absolute Gasteiger partial charge is 0.707 e. The Kier molecular flexibility index (Phi) is 2.90. The first kappa shape index (κ1) is 8.83. The van der Waals surface area contributed by atoms with Gasteiger partial charge in [0.2, 0.25) is 0 Å². The van der Waals surface area contributed by atoms with E-state index in [0.717, 1.165) is 0 Å². The summed E-state index contributed by atoms with van der Waals surface area (Å²) < 4.78 is 4.59. The molecular formula is C6H9BN2O3. The van der Waals surface area contributed by atoms with Crippen molar-refractivity contribution in [2.24, 2.45) is 0 Å². The lowest BCUT2D eigenvalue weighted by atomic mass is 10.2. The topological polar surface area (TPSA) is 74.6 Å². The Morgan fingerprint density at radius 3 is 2.92 bits per heavy atom. The second-order valence-corrected chi connectivity index (χ2v) is 2.07. The highest BCUT2D eigenvalue weighted by atomic mass is 16.6. The first-order valence-electron chi connectivity index (χ1n) is 3.39. The van der Waals surface area contributed by atoms with Gasteiger partial charge >= 0.3 is 7.32 Å². The summed E-state index contributed by atoms with van der Waals surface area (Å²) in [4.78, 5) is 3.91. The first-order chi connectivity index (χ1) is 5.72. The number of nitrogens with one attached hydrogen (secondary N) is 1. The molecule has 6 heteroatoms. The number of anilines is 1.